The standard InChI is InChI=1S/C28H27NO3S/c30-21-9-12-24-25(17-21)33-28-23-6-2-1-5-20(23)18-32-27(26(24)28)19-7-10-22(11-8-19)31-16-15-29-13-3-4-14-29/h1-2,5-12,17,27,30H,3-4,13-16,18H2. The van der Waals surface area contributed by atoms with Crippen LogP contribution in [0.15, 0.2) is 66.7 Å². The highest BCUT2D eigenvalue weighted by molar-refractivity contribution is 7.22. The third-order valence-corrected chi connectivity index (χ3v) is 7.90. The van der Waals surface area contributed by atoms with E-state index in [1.807, 2.05) is 12.1 Å². The van der Waals surface area contributed by atoms with Crippen LogP contribution in [-0.2, 0) is 11.3 Å². The lowest BCUT2D eigenvalue weighted by molar-refractivity contribution is 0.0702. The summed E-state index contributed by atoms with van der Waals surface area (Å²) >= 11 is 1.73. The molecule has 1 N–H and O–H groups in total. The van der Waals surface area contributed by atoms with E-state index in [0.717, 1.165) is 34.6 Å². The highest BCUT2D eigenvalue weighted by Gasteiger charge is 2.28. The van der Waals surface area contributed by atoms with Crippen molar-refractivity contribution in [1.82, 2.24) is 4.90 Å². The molecule has 168 valence electrons. The molecule has 1 saturated heterocycles. The van der Waals surface area contributed by atoms with Crippen molar-refractivity contribution >= 4 is 21.4 Å². The van der Waals surface area contributed by atoms with Gasteiger partial charge in [0.2, 0.25) is 0 Å². The SMILES string of the molecule is Oc1ccc2c3c(sc2c1)-c1ccccc1COC3c1ccc(OCCN2CCCC2)cc1. The van der Waals surface area contributed by atoms with Gasteiger partial charge in [0.15, 0.2) is 0 Å². The zero-order valence-corrected chi connectivity index (χ0v) is 19.3. The van der Waals surface area contributed by atoms with Crippen LogP contribution in [-0.4, -0.2) is 36.2 Å². The lowest BCUT2D eigenvalue weighted by Gasteiger charge is -2.18. The van der Waals surface area contributed by atoms with Crippen molar-refractivity contribution in [3.8, 4) is 21.9 Å². The average Bonchev–Trinajstić information content (AvgIpc) is 3.45. The predicted molar refractivity (Wildman–Crippen MR) is 133 cm³/mol. The lowest BCUT2D eigenvalue weighted by Crippen LogP contribution is -2.25. The quantitative estimate of drug-likeness (QED) is 0.378. The average molecular weight is 458 g/mol. The van der Waals surface area contributed by atoms with Crippen LogP contribution in [0.1, 0.15) is 35.6 Å². The molecule has 1 unspecified atom stereocenters. The summed E-state index contributed by atoms with van der Waals surface area (Å²) in [6.07, 6.45) is 2.43. The Morgan fingerprint density at radius 2 is 1.82 bits per heavy atom. The minimum Gasteiger partial charge on any atom is -0.508 e. The number of thiophene rings is 1. The van der Waals surface area contributed by atoms with Crippen molar-refractivity contribution in [1.29, 1.82) is 0 Å². The van der Waals surface area contributed by atoms with Gasteiger partial charge in [0.05, 0.1) is 6.61 Å². The van der Waals surface area contributed by atoms with Crippen LogP contribution in [0.3, 0.4) is 0 Å². The van der Waals surface area contributed by atoms with E-state index in [9.17, 15) is 5.11 Å². The van der Waals surface area contributed by atoms with Gasteiger partial charge in [0.25, 0.3) is 0 Å². The van der Waals surface area contributed by atoms with Crippen LogP contribution in [0.25, 0.3) is 20.5 Å². The Labute approximate surface area is 198 Å². The van der Waals surface area contributed by atoms with E-state index in [4.69, 9.17) is 9.47 Å². The molecule has 1 fully saturated rings. The number of nitrogens with zero attached hydrogens (tertiary/aromatic N) is 1. The molecule has 6 rings (SSSR count). The van der Waals surface area contributed by atoms with E-state index in [1.165, 1.54) is 47.5 Å². The monoisotopic (exact) mass is 457 g/mol. The van der Waals surface area contributed by atoms with Crippen LogP contribution in [0.2, 0.25) is 0 Å². The molecule has 0 saturated carbocycles. The van der Waals surface area contributed by atoms with Crippen LogP contribution in [0.5, 0.6) is 11.5 Å². The first kappa shape index (κ1) is 20.7. The number of ether oxygens (including phenoxy) is 2. The van der Waals surface area contributed by atoms with E-state index in [1.54, 1.807) is 17.4 Å². The van der Waals surface area contributed by atoms with E-state index in [0.29, 0.717) is 12.4 Å². The summed E-state index contributed by atoms with van der Waals surface area (Å²) in [6.45, 7) is 4.66. The number of aromatic hydroxyl groups is 1. The molecule has 0 spiro atoms. The molecule has 0 aliphatic carbocycles. The molecule has 1 atom stereocenters. The maximum atomic E-state index is 10.1. The molecule has 2 aliphatic rings. The normalized spacial score (nSPS) is 18.1. The largest absolute Gasteiger partial charge is 0.508 e. The van der Waals surface area contributed by atoms with Gasteiger partial charge in [-0.05, 0) is 78.3 Å². The highest BCUT2D eigenvalue weighted by atomic mass is 32.1. The second-order valence-electron chi connectivity index (χ2n) is 8.84. The maximum Gasteiger partial charge on any atom is 0.119 e. The number of benzene rings is 3. The molecule has 1 aromatic heterocycles. The van der Waals surface area contributed by atoms with Gasteiger partial charge < -0.3 is 14.6 Å². The summed E-state index contributed by atoms with van der Waals surface area (Å²) in [5.74, 6) is 1.19. The number of fused-ring (bicyclic) bond motifs is 5. The van der Waals surface area contributed by atoms with Crippen molar-refractivity contribution in [3.63, 3.8) is 0 Å². The molecule has 0 bridgehead atoms. The molecular weight excluding hydrogens is 430 g/mol. The third kappa shape index (κ3) is 4.01. The Hall–Kier alpha value is -2.86. The highest BCUT2D eigenvalue weighted by Crippen LogP contribution is 2.48. The van der Waals surface area contributed by atoms with Gasteiger partial charge in [0.1, 0.15) is 24.2 Å². The second kappa shape index (κ2) is 8.82. The Balaban J connectivity index is 1.32. The Kier molecular flexibility index (Phi) is 5.54. The van der Waals surface area contributed by atoms with Gasteiger partial charge in [-0.15, -0.1) is 11.3 Å². The summed E-state index contributed by atoms with van der Waals surface area (Å²) in [6, 6.07) is 22.5. The summed E-state index contributed by atoms with van der Waals surface area (Å²) in [5.41, 5.74) is 4.71. The van der Waals surface area contributed by atoms with Gasteiger partial charge in [-0.2, -0.15) is 0 Å². The molecule has 4 nitrogen and oxygen atoms in total. The number of rotatable bonds is 5. The molecule has 2 aliphatic heterocycles. The second-order valence-corrected chi connectivity index (χ2v) is 9.89. The predicted octanol–water partition coefficient (Wildman–Crippen LogP) is 6.37. The molecule has 0 amide bonds. The maximum absolute atomic E-state index is 10.1. The number of likely N-dealkylation sites (tertiary alicyclic amines) is 1. The lowest BCUT2D eigenvalue weighted by atomic mass is 9.96. The van der Waals surface area contributed by atoms with Gasteiger partial charge in [-0.1, -0.05) is 36.4 Å². The van der Waals surface area contributed by atoms with Crippen LogP contribution >= 0.6 is 11.3 Å². The van der Waals surface area contributed by atoms with E-state index in [2.05, 4.69) is 53.4 Å². The van der Waals surface area contributed by atoms with Crippen LogP contribution in [0, 0.1) is 0 Å². The first-order valence-corrected chi connectivity index (χ1v) is 12.5. The first-order chi connectivity index (χ1) is 16.3. The molecule has 3 aromatic carbocycles. The van der Waals surface area contributed by atoms with Crippen molar-refractivity contribution in [2.75, 3.05) is 26.2 Å². The summed E-state index contributed by atoms with van der Waals surface area (Å²) in [7, 11) is 0. The zero-order valence-electron chi connectivity index (χ0n) is 18.5. The molecule has 33 heavy (non-hydrogen) atoms. The Morgan fingerprint density at radius 1 is 1.00 bits per heavy atom. The van der Waals surface area contributed by atoms with E-state index >= 15 is 0 Å². The molecule has 4 aromatic rings. The fourth-order valence-electron chi connectivity index (χ4n) is 4.99. The van der Waals surface area contributed by atoms with E-state index < -0.39 is 0 Å². The number of hydrogen-bond acceptors (Lipinski definition) is 5. The number of phenolic OH excluding ortho intramolecular Hbond substituents is 1. The molecule has 5 heteroatoms. The summed E-state index contributed by atoms with van der Waals surface area (Å²) in [4.78, 5) is 3.69. The minimum atomic E-state index is -0.177. The number of phenols is 1. The summed E-state index contributed by atoms with van der Waals surface area (Å²) < 4.78 is 13.6. The van der Waals surface area contributed by atoms with Crippen LogP contribution < -0.4 is 4.74 Å². The van der Waals surface area contributed by atoms with Crippen molar-refractivity contribution in [3.05, 3.63) is 83.4 Å². The van der Waals surface area contributed by atoms with Crippen molar-refractivity contribution < 1.29 is 14.6 Å². The summed E-state index contributed by atoms with van der Waals surface area (Å²) in [5, 5.41) is 11.2. The fraction of sp³-hybridized carbons (Fsp3) is 0.286. The van der Waals surface area contributed by atoms with Crippen molar-refractivity contribution in [2.24, 2.45) is 0 Å². The van der Waals surface area contributed by atoms with Crippen molar-refractivity contribution in [2.45, 2.75) is 25.6 Å². The smallest absolute Gasteiger partial charge is 0.119 e. The number of hydrogen-bond donors (Lipinski definition) is 1. The molecule has 3 heterocycles. The Bertz CT molecular complexity index is 1270. The van der Waals surface area contributed by atoms with Crippen LogP contribution in [0.4, 0.5) is 0 Å². The van der Waals surface area contributed by atoms with Gasteiger partial charge >= 0.3 is 0 Å². The molecule has 0 radical (unpaired) electrons. The van der Waals surface area contributed by atoms with Gasteiger partial charge in [0, 0.05) is 21.7 Å². The Morgan fingerprint density at radius 3 is 2.67 bits per heavy atom. The zero-order chi connectivity index (χ0) is 22.2. The third-order valence-electron chi connectivity index (χ3n) is 6.70. The fourth-order valence-corrected chi connectivity index (χ4v) is 6.31. The van der Waals surface area contributed by atoms with Gasteiger partial charge in [-0.25, -0.2) is 0 Å². The van der Waals surface area contributed by atoms with Gasteiger partial charge in [-0.3, -0.25) is 4.90 Å². The first-order valence-electron chi connectivity index (χ1n) is 11.7. The topological polar surface area (TPSA) is 41.9 Å². The minimum absolute atomic E-state index is 0.177. The van der Waals surface area contributed by atoms with E-state index in [-0.39, 0.29) is 6.10 Å². The molecular formula is C28H27NO3S.